The Labute approximate surface area is 63.4 Å². The van der Waals surface area contributed by atoms with Crippen LogP contribution >= 0.6 is 0 Å². The molecule has 1 heteroatoms. The first kappa shape index (κ1) is 6.66. The molecule has 0 spiro atoms. The average molecular weight is 139 g/mol. The van der Waals surface area contributed by atoms with Crippen LogP contribution in [0.2, 0.25) is 0 Å². The summed E-state index contributed by atoms with van der Waals surface area (Å²) < 4.78 is 0. The van der Waals surface area contributed by atoms with Gasteiger partial charge in [0.15, 0.2) is 0 Å². The molecule has 58 valence electrons. The summed E-state index contributed by atoms with van der Waals surface area (Å²) in [7, 11) is 2.26. The molecule has 0 aromatic rings. The Balaban J connectivity index is 1.93. The lowest BCUT2D eigenvalue weighted by Gasteiger charge is -2.36. The van der Waals surface area contributed by atoms with E-state index >= 15 is 0 Å². The van der Waals surface area contributed by atoms with E-state index in [4.69, 9.17) is 0 Å². The van der Waals surface area contributed by atoms with Crippen molar-refractivity contribution in [3.8, 4) is 0 Å². The van der Waals surface area contributed by atoms with Crippen LogP contribution in [0, 0.1) is 11.8 Å². The van der Waals surface area contributed by atoms with Crippen molar-refractivity contribution in [2.24, 2.45) is 11.8 Å². The van der Waals surface area contributed by atoms with Gasteiger partial charge in [-0.3, -0.25) is 0 Å². The standard InChI is InChI=1S/C9H17N/c1-10-6-2-3-8-4-5-9(8)7-10/h8-9H,2-7H2,1H3. The molecule has 1 nitrogen and oxygen atoms in total. The van der Waals surface area contributed by atoms with Crippen molar-refractivity contribution in [1.82, 2.24) is 4.90 Å². The van der Waals surface area contributed by atoms with Crippen LogP contribution in [0.25, 0.3) is 0 Å². The van der Waals surface area contributed by atoms with Crippen LogP contribution in [-0.4, -0.2) is 25.0 Å². The van der Waals surface area contributed by atoms with Crippen molar-refractivity contribution < 1.29 is 0 Å². The van der Waals surface area contributed by atoms with E-state index in [1.807, 2.05) is 0 Å². The molecule has 2 rings (SSSR count). The second-order valence-electron chi connectivity index (χ2n) is 4.00. The first-order valence-corrected chi connectivity index (χ1v) is 4.55. The molecular formula is C9H17N. The lowest BCUT2D eigenvalue weighted by atomic mass is 9.72. The topological polar surface area (TPSA) is 3.24 Å². The minimum atomic E-state index is 1.08. The number of fused-ring (bicyclic) bond motifs is 1. The second kappa shape index (κ2) is 2.54. The monoisotopic (exact) mass is 139 g/mol. The van der Waals surface area contributed by atoms with Crippen molar-refractivity contribution in [3.63, 3.8) is 0 Å². The van der Waals surface area contributed by atoms with Crippen molar-refractivity contribution in [2.45, 2.75) is 25.7 Å². The highest BCUT2D eigenvalue weighted by molar-refractivity contribution is 4.84. The highest BCUT2D eigenvalue weighted by Crippen LogP contribution is 2.39. The molecular weight excluding hydrogens is 122 g/mol. The van der Waals surface area contributed by atoms with Gasteiger partial charge >= 0.3 is 0 Å². The molecule has 0 aromatic heterocycles. The third kappa shape index (κ3) is 1.07. The summed E-state index contributed by atoms with van der Waals surface area (Å²) in [6, 6.07) is 0. The maximum Gasteiger partial charge on any atom is 0.000926 e. The summed E-state index contributed by atoms with van der Waals surface area (Å²) in [5.41, 5.74) is 0. The summed E-state index contributed by atoms with van der Waals surface area (Å²) in [6.07, 6.45) is 5.99. The van der Waals surface area contributed by atoms with E-state index in [-0.39, 0.29) is 0 Å². The molecule has 0 bridgehead atoms. The largest absolute Gasteiger partial charge is 0.306 e. The molecule has 1 heterocycles. The quantitative estimate of drug-likeness (QED) is 0.494. The zero-order valence-electron chi connectivity index (χ0n) is 6.84. The Bertz CT molecular complexity index is 122. The number of nitrogens with zero attached hydrogens (tertiary/aromatic N) is 1. The van der Waals surface area contributed by atoms with E-state index in [1.54, 1.807) is 0 Å². The van der Waals surface area contributed by atoms with E-state index < -0.39 is 0 Å². The molecule has 1 saturated heterocycles. The Morgan fingerprint density at radius 1 is 1.10 bits per heavy atom. The van der Waals surface area contributed by atoms with Gasteiger partial charge in [-0.1, -0.05) is 0 Å². The highest BCUT2D eigenvalue weighted by Gasteiger charge is 2.32. The first-order chi connectivity index (χ1) is 4.86. The molecule has 1 aliphatic carbocycles. The first-order valence-electron chi connectivity index (χ1n) is 4.55. The molecule has 0 radical (unpaired) electrons. The predicted octanol–water partition coefficient (Wildman–Crippen LogP) is 1.74. The maximum absolute atomic E-state index is 2.50. The normalized spacial score (nSPS) is 41.7. The molecule has 1 saturated carbocycles. The number of hydrogen-bond donors (Lipinski definition) is 0. The van der Waals surface area contributed by atoms with Gasteiger partial charge in [-0.15, -0.1) is 0 Å². The fourth-order valence-corrected chi connectivity index (χ4v) is 2.37. The maximum atomic E-state index is 2.50. The van der Waals surface area contributed by atoms with Crippen LogP contribution in [0.1, 0.15) is 25.7 Å². The zero-order valence-corrected chi connectivity index (χ0v) is 6.84. The molecule has 2 atom stereocenters. The molecule has 1 aliphatic heterocycles. The molecule has 0 amide bonds. The van der Waals surface area contributed by atoms with Gasteiger partial charge in [-0.2, -0.15) is 0 Å². The van der Waals surface area contributed by atoms with E-state index in [0.29, 0.717) is 0 Å². The van der Waals surface area contributed by atoms with Crippen LogP contribution in [0.4, 0.5) is 0 Å². The SMILES string of the molecule is CN1CCCC2CCC2C1. The fraction of sp³-hybridized carbons (Fsp3) is 1.00. The Hall–Kier alpha value is -0.0400. The van der Waals surface area contributed by atoms with Crippen LogP contribution in [0.5, 0.6) is 0 Å². The average Bonchev–Trinajstić information content (AvgIpc) is 1.99. The number of hydrogen-bond acceptors (Lipinski definition) is 1. The summed E-state index contributed by atoms with van der Waals surface area (Å²) >= 11 is 0. The molecule has 2 aliphatic rings. The summed E-state index contributed by atoms with van der Waals surface area (Å²) in [4.78, 5) is 2.50. The molecule has 0 aromatic carbocycles. The fourth-order valence-electron chi connectivity index (χ4n) is 2.37. The lowest BCUT2D eigenvalue weighted by Crippen LogP contribution is -2.32. The minimum absolute atomic E-state index is 1.08. The molecule has 2 fully saturated rings. The number of likely N-dealkylation sites (tertiary alicyclic amines) is 1. The van der Waals surface area contributed by atoms with E-state index in [0.717, 1.165) is 11.8 Å². The van der Waals surface area contributed by atoms with Gasteiger partial charge in [0.05, 0.1) is 0 Å². The lowest BCUT2D eigenvalue weighted by molar-refractivity contribution is 0.147. The van der Waals surface area contributed by atoms with E-state index in [2.05, 4.69) is 11.9 Å². The Morgan fingerprint density at radius 2 is 1.90 bits per heavy atom. The van der Waals surface area contributed by atoms with Crippen molar-refractivity contribution in [2.75, 3.05) is 20.1 Å². The van der Waals surface area contributed by atoms with Gasteiger partial charge in [0.1, 0.15) is 0 Å². The Morgan fingerprint density at radius 3 is 2.60 bits per heavy atom. The van der Waals surface area contributed by atoms with Crippen molar-refractivity contribution >= 4 is 0 Å². The van der Waals surface area contributed by atoms with Crippen molar-refractivity contribution in [1.29, 1.82) is 0 Å². The third-order valence-corrected chi connectivity index (χ3v) is 3.24. The summed E-state index contributed by atoms with van der Waals surface area (Å²) in [5, 5.41) is 0. The van der Waals surface area contributed by atoms with Gasteiger partial charge in [0.25, 0.3) is 0 Å². The predicted molar refractivity (Wildman–Crippen MR) is 42.9 cm³/mol. The van der Waals surface area contributed by atoms with Gasteiger partial charge in [-0.05, 0) is 51.1 Å². The summed E-state index contributed by atoms with van der Waals surface area (Å²) in [6.45, 7) is 2.72. The third-order valence-electron chi connectivity index (χ3n) is 3.24. The molecule has 2 unspecified atom stereocenters. The molecule has 0 N–H and O–H groups in total. The van der Waals surface area contributed by atoms with E-state index in [1.165, 1.54) is 38.8 Å². The van der Waals surface area contributed by atoms with Crippen LogP contribution < -0.4 is 0 Å². The Kier molecular flexibility index (Phi) is 1.69. The second-order valence-corrected chi connectivity index (χ2v) is 4.00. The van der Waals surface area contributed by atoms with Gasteiger partial charge in [0.2, 0.25) is 0 Å². The van der Waals surface area contributed by atoms with Gasteiger partial charge in [0, 0.05) is 6.54 Å². The van der Waals surface area contributed by atoms with Crippen LogP contribution in [0.3, 0.4) is 0 Å². The summed E-state index contributed by atoms with van der Waals surface area (Å²) in [5.74, 6) is 2.19. The van der Waals surface area contributed by atoms with Gasteiger partial charge in [-0.25, -0.2) is 0 Å². The minimum Gasteiger partial charge on any atom is -0.306 e. The number of rotatable bonds is 0. The highest BCUT2D eigenvalue weighted by atomic mass is 15.1. The molecule has 10 heavy (non-hydrogen) atoms. The smallest absolute Gasteiger partial charge is 0.000926 e. The van der Waals surface area contributed by atoms with Crippen molar-refractivity contribution in [3.05, 3.63) is 0 Å². The van der Waals surface area contributed by atoms with Gasteiger partial charge < -0.3 is 4.90 Å². The van der Waals surface area contributed by atoms with Crippen LogP contribution in [0.15, 0.2) is 0 Å². The van der Waals surface area contributed by atoms with Crippen LogP contribution in [-0.2, 0) is 0 Å². The zero-order chi connectivity index (χ0) is 6.97. The van der Waals surface area contributed by atoms with E-state index in [9.17, 15) is 0 Å².